The van der Waals surface area contributed by atoms with Gasteiger partial charge in [-0.25, -0.2) is 4.98 Å². The van der Waals surface area contributed by atoms with Crippen molar-refractivity contribution in [3.8, 4) is 6.07 Å². The molecule has 1 fully saturated rings. The minimum absolute atomic E-state index is 0.469. The maximum Gasteiger partial charge on any atom is 0.163 e. The van der Waals surface area contributed by atoms with Crippen molar-refractivity contribution >= 4 is 5.69 Å². The fourth-order valence-corrected chi connectivity index (χ4v) is 1.70. The number of pyridine rings is 1. The van der Waals surface area contributed by atoms with Gasteiger partial charge in [0.25, 0.3) is 0 Å². The predicted octanol–water partition coefficient (Wildman–Crippen LogP) is 1.46. The first kappa shape index (κ1) is 10.9. The normalized spacial score (nSPS) is 14.8. The van der Waals surface area contributed by atoms with Crippen molar-refractivity contribution in [2.75, 3.05) is 25.5 Å². The summed E-state index contributed by atoms with van der Waals surface area (Å²) >= 11 is 0. The van der Waals surface area contributed by atoms with E-state index < -0.39 is 0 Å². The summed E-state index contributed by atoms with van der Waals surface area (Å²) in [4.78, 5) is 6.36. The molecule has 4 heteroatoms. The van der Waals surface area contributed by atoms with Crippen LogP contribution in [-0.4, -0.2) is 36.1 Å². The Bertz CT molecular complexity index is 392. The maximum atomic E-state index is 8.86. The molecule has 0 radical (unpaired) electrons. The Balaban J connectivity index is 1.82. The van der Waals surface area contributed by atoms with Gasteiger partial charge in [-0.3, -0.25) is 0 Å². The summed E-state index contributed by atoms with van der Waals surface area (Å²) in [5, 5.41) is 12.1. The molecule has 0 amide bonds. The van der Waals surface area contributed by atoms with Crippen LogP contribution in [0.3, 0.4) is 0 Å². The summed E-state index contributed by atoms with van der Waals surface area (Å²) in [5.41, 5.74) is 1.30. The fraction of sp³-hybridized carbons (Fsp3) is 0.500. The van der Waals surface area contributed by atoms with E-state index in [1.54, 1.807) is 6.20 Å². The Morgan fingerprint density at radius 3 is 3.12 bits per heavy atom. The van der Waals surface area contributed by atoms with Crippen molar-refractivity contribution in [1.82, 2.24) is 9.88 Å². The smallest absolute Gasteiger partial charge is 0.163 e. The molecule has 84 valence electrons. The lowest BCUT2D eigenvalue weighted by Gasteiger charge is -2.16. The van der Waals surface area contributed by atoms with Gasteiger partial charge in [0.2, 0.25) is 0 Å². The highest BCUT2D eigenvalue weighted by Gasteiger charge is 2.25. The first-order chi connectivity index (χ1) is 7.81. The van der Waals surface area contributed by atoms with Crippen LogP contribution in [0, 0.1) is 11.3 Å². The third-order valence-corrected chi connectivity index (χ3v) is 2.86. The number of aromatic nitrogens is 1. The minimum Gasteiger partial charge on any atom is -0.381 e. The lowest BCUT2D eigenvalue weighted by atomic mass is 10.3. The lowest BCUT2D eigenvalue weighted by molar-refractivity contribution is 0.337. The summed E-state index contributed by atoms with van der Waals surface area (Å²) in [6, 6.07) is 6.60. The largest absolute Gasteiger partial charge is 0.381 e. The summed E-state index contributed by atoms with van der Waals surface area (Å²) in [6.07, 6.45) is 4.29. The number of nitriles is 1. The van der Waals surface area contributed by atoms with Gasteiger partial charge in [0, 0.05) is 25.3 Å². The van der Waals surface area contributed by atoms with Crippen molar-refractivity contribution < 1.29 is 0 Å². The standard InChI is InChI=1S/C12H16N4/c1-16(10-4-5-10)8-7-15-11-3-2-6-14-12(11)9-13/h2-3,6,10,15H,4-5,7-8H2,1H3. The van der Waals surface area contributed by atoms with Crippen LogP contribution < -0.4 is 5.32 Å². The number of likely N-dealkylation sites (N-methyl/N-ethyl adjacent to an activating group) is 1. The quantitative estimate of drug-likeness (QED) is 0.809. The molecule has 0 aromatic carbocycles. The van der Waals surface area contributed by atoms with E-state index in [9.17, 15) is 0 Å². The molecule has 0 atom stereocenters. The number of rotatable bonds is 5. The summed E-state index contributed by atoms with van der Waals surface area (Å²) in [5.74, 6) is 0. The number of nitrogens with zero attached hydrogens (tertiary/aromatic N) is 3. The van der Waals surface area contributed by atoms with E-state index in [-0.39, 0.29) is 0 Å². The second kappa shape index (κ2) is 4.95. The Hall–Kier alpha value is -1.60. The van der Waals surface area contributed by atoms with Crippen LogP contribution in [0.4, 0.5) is 5.69 Å². The van der Waals surface area contributed by atoms with E-state index in [4.69, 9.17) is 5.26 Å². The molecule has 0 unspecified atom stereocenters. The molecule has 1 heterocycles. The number of anilines is 1. The number of hydrogen-bond acceptors (Lipinski definition) is 4. The molecule has 0 aliphatic heterocycles. The van der Waals surface area contributed by atoms with Crippen LogP contribution in [0.25, 0.3) is 0 Å². The zero-order valence-electron chi connectivity index (χ0n) is 9.48. The Labute approximate surface area is 95.9 Å². The summed E-state index contributed by atoms with van der Waals surface area (Å²) in [6.45, 7) is 1.86. The van der Waals surface area contributed by atoms with Gasteiger partial charge in [0.05, 0.1) is 5.69 Å². The predicted molar refractivity (Wildman–Crippen MR) is 63.1 cm³/mol. The van der Waals surface area contributed by atoms with E-state index in [0.717, 1.165) is 24.8 Å². The Kier molecular flexibility index (Phi) is 3.37. The van der Waals surface area contributed by atoms with Crippen molar-refractivity contribution in [1.29, 1.82) is 5.26 Å². The molecule has 4 nitrogen and oxygen atoms in total. The van der Waals surface area contributed by atoms with Gasteiger partial charge in [-0.2, -0.15) is 5.26 Å². The second-order valence-electron chi connectivity index (χ2n) is 4.15. The molecular formula is C12H16N4. The SMILES string of the molecule is CN(CCNc1cccnc1C#N)C1CC1. The van der Waals surface area contributed by atoms with Gasteiger partial charge in [-0.1, -0.05) is 0 Å². The molecule has 0 saturated heterocycles. The van der Waals surface area contributed by atoms with Gasteiger partial charge in [0.15, 0.2) is 5.69 Å². The van der Waals surface area contributed by atoms with Crippen molar-refractivity contribution in [3.05, 3.63) is 24.0 Å². The Morgan fingerprint density at radius 1 is 1.62 bits per heavy atom. The first-order valence-corrected chi connectivity index (χ1v) is 5.60. The van der Waals surface area contributed by atoms with Crippen molar-refractivity contribution in [2.24, 2.45) is 0 Å². The van der Waals surface area contributed by atoms with Crippen LogP contribution in [0.2, 0.25) is 0 Å². The van der Waals surface area contributed by atoms with Crippen molar-refractivity contribution in [3.63, 3.8) is 0 Å². The topological polar surface area (TPSA) is 52.0 Å². The number of hydrogen-bond donors (Lipinski definition) is 1. The fourth-order valence-electron chi connectivity index (χ4n) is 1.70. The van der Waals surface area contributed by atoms with E-state index in [0.29, 0.717) is 5.69 Å². The maximum absolute atomic E-state index is 8.86. The molecule has 1 aliphatic rings. The zero-order valence-corrected chi connectivity index (χ0v) is 9.48. The van der Waals surface area contributed by atoms with Crippen LogP contribution in [0.15, 0.2) is 18.3 Å². The molecule has 1 N–H and O–H groups in total. The van der Waals surface area contributed by atoms with Gasteiger partial charge < -0.3 is 10.2 Å². The average molecular weight is 216 g/mol. The molecule has 1 saturated carbocycles. The average Bonchev–Trinajstić information content (AvgIpc) is 3.13. The molecular weight excluding hydrogens is 200 g/mol. The highest BCUT2D eigenvalue weighted by Crippen LogP contribution is 2.24. The lowest BCUT2D eigenvalue weighted by Crippen LogP contribution is -2.27. The van der Waals surface area contributed by atoms with E-state index in [1.165, 1.54) is 12.8 Å². The van der Waals surface area contributed by atoms with Crippen LogP contribution in [0.5, 0.6) is 0 Å². The van der Waals surface area contributed by atoms with Gasteiger partial charge >= 0.3 is 0 Å². The Morgan fingerprint density at radius 2 is 2.44 bits per heavy atom. The molecule has 1 aliphatic carbocycles. The van der Waals surface area contributed by atoms with Crippen molar-refractivity contribution in [2.45, 2.75) is 18.9 Å². The molecule has 1 aromatic rings. The molecule has 16 heavy (non-hydrogen) atoms. The van der Waals surface area contributed by atoms with Gasteiger partial charge in [-0.15, -0.1) is 0 Å². The zero-order chi connectivity index (χ0) is 11.4. The summed E-state index contributed by atoms with van der Waals surface area (Å²) in [7, 11) is 2.15. The van der Waals surface area contributed by atoms with Crippen LogP contribution in [0.1, 0.15) is 18.5 Å². The molecule has 0 spiro atoms. The van der Waals surface area contributed by atoms with E-state index >= 15 is 0 Å². The highest BCUT2D eigenvalue weighted by molar-refractivity contribution is 5.53. The van der Waals surface area contributed by atoms with Gasteiger partial charge in [-0.05, 0) is 32.0 Å². The molecule has 2 rings (SSSR count). The van der Waals surface area contributed by atoms with Crippen LogP contribution >= 0.6 is 0 Å². The monoisotopic (exact) mass is 216 g/mol. The summed E-state index contributed by atoms with van der Waals surface area (Å²) < 4.78 is 0. The van der Waals surface area contributed by atoms with Gasteiger partial charge in [0.1, 0.15) is 6.07 Å². The van der Waals surface area contributed by atoms with E-state index in [2.05, 4.69) is 28.3 Å². The number of nitrogens with one attached hydrogen (secondary N) is 1. The van der Waals surface area contributed by atoms with Crippen LogP contribution in [-0.2, 0) is 0 Å². The second-order valence-corrected chi connectivity index (χ2v) is 4.15. The minimum atomic E-state index is 0.469. The first-order valence-electron chi connectivity index (χ1n) is 5.60. The third kappa shape index (κ3) is 2.71. The van der Waals surface area contributed by atoms with E-state index in [1.807, 2.05) is 12.1 Å². The molecule has 0 bridgehead atoms. The third-order valence-electron chi connectivity index (χ3n) is 2.86. The molecule has 1 aromatic heterocycles. The highest BCUT2D eigenvalue weighted by atomic mass is 15.2.